The summed E-state index contributed by atoms with van der Waals surface area (Å²) in [5.74, 6) is 1.09. The van der Waals surface area contributed by atoms with Gasteiger partial charge in [0.05, 0.1) is 30.5 Å². The van der Waals surface area contributed by atoms with E-state index in [2.05, 4.69) is 34.6 Å². The third kappa shape index (κ3) is 3.86. The van der Waals surface area contributed by atoms with E-state index in [1.165, 1.54) is 18.4 Å². The molecular weight excluding hydrogens is 560 g/mol. The second-order valence-electron chi connectivity index (χ2n) is 18.1. The van der Waals surface area contributed by atoms with Crippen molar-refractivity contribution in [1.82, 2.24) is 0 Å². The lowest BCUT2D eigenvalue weighted by Crippen LogP contribution is -2.61. The van der Waals surface area contributed by atoms with E-state index in [0.29, 0.717) is 18.3 Å². The van der Waals surface area contributed by atoms with Crippen LogP contribution in [0.1, 0.15) is 106 Å². The van der Waals surface area contributed by atoms with Crippen LogP contribution in [0.2, 0.25) is 0 Å². The van der Waals surface area contributed by atoms with E-state index in [1.54, 1.807) is 13.8 Å². The molecule has 0 radical (unpaired) electrons. The van der Waals surface area contributed by atoms with Gasteiger partial charge < -0.3 is 40.1 Å². The molecule has 0 aromatic carbocycles. The van der Waals surface area contributed by atoms with Crippen LogP contribution in [0.5, 0.6) is 0 Å². The van der Waals surface area contributed by atoms with Crippen molar-refractivity contribution in [2.24, 2.45) is 50.7 Å². The molecule has 8 heteroatoms. The van der Waals surface area contributed by atoms with Crippen LogP contribution in [-0.4, -0.2) is 85.8 Å². The molecule has 7 rings (SSSR count). The van der Waals surface area contributed by atoms with Gasteiger partial charge in [-0.25, -0.2) is 0 Å². The van der Waals surface area contributed by atoms with Crippen LogP contribution in [0.3, 0.4) is 0 Å². The molecule has 6 N–H and O–H groups in total. The van der Waals surface area contributed by atoms with Crippen molar-refractivity contribution in [2.75, 3.05) is 6.61 Å². The van der Waals surface area contributed by atoms with Crippen molar-refractivity contribution in [3.05, 3.63) is 11.1 Å². The van der Waals surface area contributed by atoms with Gasteiger partial charge in [0.2, 0.25) is 0 Å². The second kappa shape index (κ2) is 9.74. The SMILES string of the molecule is C[C@@H]1CC([C@@H](O)C(C)(C)O)CC2=C1[C@@]1(C)CC[C@@]34C[C@@]35CC[C@H](OC3OC[C@@H](O)[C@H](O)[C@H]3O)C(C)(C)C5CCC4[C@]1(C)[C@H]2O. The molecule has 8 nitrogen and oxygen atoms in total. The van der Waals surface area contributed by atoms with Gasteiger partial charge in [0.15, 0.2) is 6.29 Å². The molecule has 0 aromatic rings. The zero-order valence-corrected chi connectivity index (χ0v) is 27.9. The van der Waals surface area contributed by atoms with Crippen LogP contribution in [-0.2, 0) is 9.47 Å². The van der Waals surface area contributed by atoms with E-state index in [9.17, 15) is 30.6 Å². The lowest BCUT2D eigenvalue weighted by molar-refractivity contribution is -0.302. The molecule has 4 saturated carbocycles. The van der Waals surface area contributed by atoms with Crippen LogP contribution in [0, 0.1) is 50.7 Å². The summed E-state index contributed by atoms with van der Waals surface area (Å²) in [6.07, 6.45) is 2.96. The van der Waals surface area contributed by atoms with Crippen molar-refractivity contribution in [3.63, 3.8) is 0 Å². The topological polar surface area (TPSA) is 140 Å². The fourth-order valence-corrected chi connectivity index (χ4v) is 13.4. The first kappa shape index (κ1) is 32.0. The van der Waals surface area contributed by atoms with Crippen LogP contribution in [0.25, 0.3) is 0 Å². The molecule has 5 fully saturated rings. The molecule has 44 heavy (non-hydrogen) atoms. The lowest BCUT2D eigenvalue weighted by atomic mass is 9.41. The minimum atomic E-state index is -1.28. The first-order valence-electron chi connectivity index (χ1n) is 17.5. The maximum Gasteiger partial charge on any atom is 0.186 e. The van der Waals surface area contributed by atoms with Gasteiger partial charge in [-0.2, -0.15) is 0 Å². The summed E-state index contributed by atoms with van der Waals surface area (Å²) in [4.78, 5) is 0. The highest BCUT2D eigenvalue weighted by atomic mass is 16.7. The van der Waals surface area contributed by atoms with Gasteiger partial charge >= 0.3 is 0 Å². The average molecular weight is 619 g/mol. The molecule has 0 aromatic heterocycles. The summed E-state index contributed by atoms with van der Waals surface area (Å²) in [7, 11) is 0. The number of rotatable bonds is 4. The van der Waals surface area contributed by atoms with E-state index in [4.69, 9.17) is 9.47 Å². The van der Waals surface area contributed by atoms with E-state index in [1.807, 2.05) is 0 Å². The maximum atomic E-state index is 12.4. The van der Waals surface area contributed by atoms with E-state index in [0.717, 1.165) is 44.1 Å². The first-order chi connectivity index (χ1) is 20.4. The molecule has 1 aliphatic heterocycles. The molecule has 1 saturated heterocycles. The Morgan fingerprint density at radius 2 is 1.57 bits per heavy atom. The van der Waals surface area contributed by atoms with Crippen molar-refractivity contribution in [1.29, 1.82) is 0 Å². The highest BCUT2D eigenvalue weighted by Gasteiger charge is 2.83. The molecular formula is C36H58O8. The van der Waals surface area contributed by atoms with Gasteiger partial charge in [-0.3, -0.25) is 0 Å². The fraction of sp³-hybridized carbons (Fsp3) is 0.944. The third-order valence-corrected chi connectivity index (χ3v) is 15.5. The minimum Gasteiger partial charge on any atom is -0.390 e. The predicted octanol–water partition coefficient (Wildman–Crippen LogP) is 3.69. The smallest absolute Gasteiger partial charge is 0.186 e. The van der Waals surface area contributed by atoms with Gasteiger partial charge in [-0.1, -0.05) is 40.2 Å². The zero-order valence-electron chi connectivity index (χ0n) is 27.9. The van der Waals surface area contributed by atoms with Crippen molar-refractivity contribution in [2.45, 2.75) is 155 Å². The monoisotopic (exact) mass is 618 g/mol. The third-order valence-electron chi connectivity index (χ3n) is 15.5. The number of aliphatic hydroxyl groups excluding tert-OH is 5. The largest absolute Gasteiger partial charge is 0.390 e. The Bertz CT molecular complexity index is 1210. The van der Waals surface area contributed by atoms with Crippen molar-refractivity contribution >= 4 is 0 Å². The second-order valence-corrected chi connectivity index (χ2v) is 18.1. The molecule has 2 spiro atoms. The van der Waals surface area contributed by atoms with Gasteiger partial charge in [0, 0.05) is 5.41 Å². The highest BCUT2D eigenvalue weighted by Crippen LogP contribution is 2.89. The Morgan fingerprint density at radius 3 is 2.25 bits per heavy atom. The molecule has 250 valence electrons. The molecule has 6 aliphatic carbocycles. The number of hydrogen-bond donors (Lipinski definition) is 6. The molecule has 0 bridgehead atoms. The van der Waals surface area contributed by atoms with Crippen LogP contribution < -0.4 is 0 Å². The Hall–Kier alpha value is -0.580. The quantitative estimate of drug-likeness (QED) is 0.207. The molecule has 0 amide bonds. The summed E-state index contributed by atoms with van der Waals surface area (Å²) in [5.41, 5.74) is 1.38. The number of fused-ring (bicyclic) bond motifs is 3. The summed E-state index contributed by atoms with van der Waals surface area (Å²) < 4.78 is 12.1. The number of aliphatic hydroxyl groups is 6. The molecule has 15 atom stereocenters. The van der Waals surface area contributed by atoms with Gasteiger partial charge in [0.25, 0.3) is 0 Å². The van der Waals surface area contributed by atoms with Gasteiger partial charge in [0.1, 0.15) is 18.3 Å². The van der Waals surface area contributed by atoms with E-state index >= 15 is 0 Å². The van der Waals surface area contributed by atoms with Crippen molar-refractivity contribution < 1.29 is 40.1 Å². The average Bonchev–Trinajstić information content (AvgIpc) is 3.58. The van der Waals surface area contributed by atoms with Gasteiger partial charge in [-0.05, 0) is 123 Å². The minimum absolute atomic E-state index is 0.0536. The highest BCUT2D eigenvalue weighted by molar-refractivity contribution is 5.45. The Kier molecular flexibility index (Phi) is 7.08. The van der Waals surface area contributed by atoms with Crippen LogP contribution in [0.15, 0.2) is 11.1 Å². The first-order valence-corrected chi connectivity index (χ1v) is 17.5. The summed E-state index contributed by atoms with van der Waals surface area (Å²) in [6, 6.07) is 0. The standard InChI is InChI=1S/C36H58O8/c1-18-14-19(28(40)32(4,5)42)15-20-25(18)33(6)12-13-36-17-35(36)11-10-24(44-30-27(39)26(38)21(37)16-43-30)31(2,3)22(35)8-9-23(36)34(33,7)29(20)41/h18-19,21-24,26-30,37-42H,8-17H2,1-7H3/t18-,19?,21-,22?,23?,24+,26+,27-,28-,29+,30?,33-,34-,35-,36+/m1/s1. The lowest BCUT2D eigenvalue weighted by Gasteiger charge is -2.64. The maximum absolute atomic E-state index is 12.4. The molecule has 7 aliphatic rings. The summed E-state index contributed by atoms with van der Waals surface area (Å²) in [6.45, 7) is 15.0. The number of allylic oxidation sites excluding steroid dienone is 1. The number of ether oxygens (including phenoxy) is 2. The Balaban J connectivity index is 1.15. The normalized spacial score (nSPS) is 55.3. The van der Waals surface area contributed by atoms with Gasteiger partial charge in [-0.15, -0.1) is 0 Å². The summed E-state index contributed by atoms with van der Waals surface area (Å²) >= 11 is 0. The molecule has 4 unspecified atom stereocenters. The zero-order chi connectivity index (χ0) is 32.0. The van der Waals surface area contributed by atoms with Crippen LogP contribution in [0.4, 0.5) is 0 Å². The fourth-order valence-electron chi connectivity index (χ4n) is 13.4. The Labute approximate surface area is 263 Å². The number of hydrogen-bond acceptors (Lipinski definition) is 8. The van der Waals surface area contributed by atoms with E-state index < -0.39 is 42.4 Å². The van der Waals surface area contributed by atoms with Crippen LogP contribution >= 0.6 is 0 Å². The summed E-state index contributed by atoms with van der Waals surface area (Å²) in [5, 5.41) is 64.9. The Morgan fingerprint density at radius 1 is 0.909 bits per heavy atom. The predicted molar refractivity (Wildman–Crippen MR) is 164 cm³/mol. The van der Waals surface area contributed by atoms with Crippen molar-refractivity contribution in [3.8, 4) is 0 Å². The van der Waals surface area contributed by atoms with E-state index in [-0.39, 0.29) is 51.6 Å². The molecule has 1 heterocycles.